The molecule has 0 aliphatic rings. The first-order valence-electron chi connectivity index (χ1n) is 5.39. The molecule has 0 aliphatic heterocycles. The highest BCUT2D eigenvalue weighted by molar-refractivity contribution is 7.13. The van der Waals surface area contributed by atoms with Crippen LogP contribution in [0.15, 0.2) is 5.51 Å². The summed E-state index contributed by atoms with van der Waals surface area (Å²) in [7, 11) is 0. The highest BCUT2D eigenvalue weighted by Crippen LogP contribution is 2.15. The van der Waals surface area contributed by atoms with Gasteiger partial charge in [-0.15, -0.1) is 10.2 Å². The Morgan fingerprint density at radius 2 is 2.21 bits per heavy atom. The van der Waals surface area contributed by atoms with Crippen LogP contribution in [0.3, 0.4) is 0 Å². The van der Waals surface area contributed by atoms with Gasteiger partial charge in [0.1, 0.15) is 5.51 Å². The SMILES string of the molecule is CCCCC(CCC)Nc1nncs1. The van der Waals surface area contributed by atoms with Crippen LogP contribution >= 0.6 is 11.3 Å². The summed E-state index contributed by atoms with van der Waals surface area (Å²) < 4.78 is 0. The number of hydrogen-bond acceptors (Lipinski definition) is 4. The minimum absolute atomic E-state index is 0.577. The second-order valence-corrected chi connectivity index (χ2v) is 4.35. The molecular formula is C10H19N3S. The zero-order valence-electron chi connectivity index (χ0n) is 8.99. The van der Waals surface area contributed by atoms with Gasteiger partial charge in [-0.3, -0.25) is 0 Å². The second kappa shape index (κ2) is 6.76. The van der Waals surface area contributed by atoms with Crippen LogP contribution in [-0.2, 0) is 0 Å². The van der Waals surface area contributed by atoms with Crippen molar-refractivity contribution in [2.75, 3.05) is 5.32 Å². The molecule has 1 heterocycles. The fraction of sp³-hybridized carbons (Fsp3) is 0.800. The lowest BCUT2D eigenvalue weighted by Gasteiger charge is -2.16. The minimum Gasteiger partial charge on any atom is -0.357 e. The Kier molecular flexibility index (Phi) is 5.52. The van der Waals surface area contributed by atoms with Crippen molar-refractivity contribution in [3.8, 4) is 0 Å². The lowest BCUT2D eigenvalue weighted by molar-refractivity contribution is 0.563. The number of unbranched alkanes of at least 4 members (excludes halogenated alkanes) is 1. The van der Waals surface area contributed by atoms with Gasteiger partial charge < -0.3 is 5.32 Å². The van der Waals surface area contributed by atoms with Crippen LogP contribution in [0, 0.1) is 0 Å². The first-order valence-corrected chi connectivity index (χ1v) is 6.27. The molecule has 4 heteroatoms. The van der Waals surface area contributed by atoms with E-state index < -0.39 is 0 Å². The maximum Gasteiger partial charge on any atom is 0.205 e. The molecule has 0 saturated heterocycles. The van der Waals surface area contributed by atoms with Crippen LogP contribution in [0.25, 0.3) is 0 Å². The molecule has 1 rings (SSSR count). The van der Waals surface area contributed by atoms with Gasteiger partial charge >= 0.3 is 0 Å². The van der Waals surface area contributed by atoms with Crippen molar-refractivity contribution < 1.29 is 0 Å². The normalized spacial score (nSPS) is 12.7. The predicted octanol–water partition coefficient (Wildman–Crippen LogP) is 3.31. The third kappa shape index (κ3) is 4.05. The van der Waals surface area contributed by atoms with Gasteiger partial charge in [0, 0.05) is 6.04 Å². The number of nitrogens with zero attached hydrogens (tertiary/aromatic N) is 2. The van der Waals surface area contributed by atoms with E-state index in [0.29, 0.717) is 6.04 Å². The molecule has 3 nitrogen and oxygen atoms in total. The number of hydrogen-bond donors (Lipinski definition) is 1. The topological polar surface area (TPSA) is 37.8 Å². The highest BCUT2D eigenvalue weighted by atomic mass is 32.1. The Labute approximate surface area is 89.9 Å². The molecule has 0 aliphatic carbocycles. The van der Waals surface area contributed by atoms with Crippen molar-refractivity contribution >= 4 is 16.5 Å². The maximum atomic E-state index is 4.00. The fourth-order valence-electron chi connectivity index (χ4n) is 1.50. The van der Waals surface area contributed by atoms with E-state index in [1.807, 2.05) is 0 Å². The zero-order valence-corrected chi connectivity index (χ0v) is 9.81. The minimum atomic E-state index is 0.577. The van der Waals surface area contributed by atoms with Crippen LogP contribution < -0.4 is 5.32 Å². The average Bonchev–Trinajstić information content (AvgIpc) is 2.67. The number of anilines is 1. The van der Waals surface area contributed by atoms with Gasteiger partial charge in [-0.25, -0.2) is 0 Å². The van der Waals surface area contributed by atoms with E-state index in [2.05, 4.69) is 29.4 Å². The predicted molar refractivity (Wildman–Crippen MR) is 61.8 cm³/mol. The molecule has 1 atom stereocenters. The van der Waals surface area contributed by atoms with Crippen molar-refractivity contribution in [1.29, 1.82) is 0 Å². The van der Waals surface area contributed by atoms with Gasteiger partial charge in [0.25, 0.3) is 0 Å². The van der Waals surface area contributed by atoms with Crippen molar-refractivity contribution in [2.45, 2.75) is 52.0 Å². The Morgan fingerprint density at radius 3 is 2.79 bits per heavy atom. The molecule has 1 unspecified atom stereocenters. The van der Waals surface area contributed by atoms with Gasteiger partial charge in [-0.05, 0) is 12.8 Å². The van der Waals surface area contributed by atoms with Crippen LogP contribution in [0.2, 0.25) is 0 Å². The summed E-state index contributed by atoms with van der Waals surface area (Å²) in [6, 6.07) is 0.577. The molecule has 0 fully saturated rings. The number of rotatable bonds is 7. The quantitative estimate of drug-likeness (QED) is 0.755. The van der Waals surface area contributed by atoms with Crippen molar-refractivity contribution in [1.82, 2.24) is 10.2 Å². The van der Waals surface area contributed by atoms with E-state index in [1.54, 1.807) is 16.8 Å². The molecule has 0 amide bonds. The van der Waals surface area contributed by atoms with Crippen LogP contribution in [0.4, 0.5) is 5.13 Å². The van der Waals surface area contributed by atoms with E-state index in [0.717, 1.165) is 5.13 Å². The van der Waals surface area contributed by atoms with Crippen LogP contribution in [0.5, 0.6) is 0 Å². The summed E-state index contributed by atoms with van der Waals surface area (Å²) >= 11 is 1.58. The largest absolute Gasteiger partial charge is 0.357 e. The smallest absolute Gasteiger partial charge is 0.205 e. The third-order valence-electron chi connectivity index (χ3n) is 2.23. The molecule has 80 valence electrons. The average molecular weight is 213 g/mol. The Balaban J connectivity index is 2.34. The Bertz CT molecular complexity index is 223. The standard InChI is InChI=1S/C10H19N3S/c1-3-5-7-9(6-4-2)12-10-13-11-8-14-10/h8-9H,3-7H2,1-2H3,(H,12,13). The Hall–Kier alpha value is -0.640. The molecule has 14 heavy (non-hydrogen) atoms. The second-order valence-electron chi connectivity index (χ2n) is 3.52. The zero-order chi connectivity index (χ0) is 10.2. The monoisotopic (exact) mass is 213 g/mol. The Morgan fingerprint density at radius 1 is 1.36 bits per heavy atom. The maximum absolute atomic E-state index is 4.00. The molecule has 0 spiro atoms. The molecule has 0 bridgehead atoms. The molecule has 1 aromatic rings. The van der Waals surface area contributed by atoms with Gasteiger partial charge in [0.15, 0.2) is 0 Å². The summed E-state index contributed by atoms with van der Waals surface area (Å²) in [5, 5.41) is 12.2. The lowest BCUT2D eigenvalue weighted by Crippen LogP contribution is -2.18. The van der Waals surface area contributed by atoms with Gasteiger partial charge in [-0.2, -0.15) is 0 Å². The van der Waals surface area contributed by atoms with Crippen LogP contribution in [-0.4, -0.2) is 16.2 Å². The molecule has 0 saturated carbocycles. The summed E-state index contributed by atoms with van der Waals surface area (Å²) in [6.07, 6.45) is 6.23. The van der Waals surface area contributed by atoms with E-state index in [9.17, 15) is 0 Å². The molecule has 1 N–H and O–H groups in total. The van der Waals surface area contributed by atoms with E-state index in [-0.39, 0.29) is 0 Å². The molecule has 0 aromatic carbocycles. The molecular weight excluding hydrogens is 194 g/mol. The summed E-state index contributed by atoms with van der Waals surface area (Å²) in [5.41, 5.74) is 1.77. The van der Waals surface area contributed by atoms with Gasteiger partial charge in [-0.1, -0.05) is 44.4 Å². The first-order chi connectivity index (χ1) is 6.86. The summed E-state index contributed by atoms with van der Waals surface area (Å²) in [5.74, 6) is 0. The fourth-order valence-corrected chi connectivity index (χ4v) is 2.02. The summed E-state index contributed by atoms with van der Waals surface area (Å²) in [6.45, 7) is 4.45. The molecule has 1 aromatic heterocycles. The van der Waals surface area contributed by atoms with Crippen molar-refractivity contribution in [2.24, 2.45) is 0 Å². The molecule has 0 radical (unpaired) electrons. The van der Waals surface area contributed by atoms with Crippen molar-refractivity contribution in [3.63, 3.8) is 0 Å². The third-order valence-corrected chi connectivity index (χ3v) is 2.85. The van der Waals surface area contributed by atoms with E-state index >= 15 is 0 Å². The van der Waals surface area contributed by atoms with Gasteiger partial charge in [0.05, 0.1) is 0 Å². The van der Waals surface area contributed by atoms with E-state index in [4.69, 9.17) is 0 Å². The van der Waals surface area contributed by atoms with Crippen molar-refractivity contribution in [3.05, 3.63) is 5.51 Å². The van der Waals surface area contributed by atoms with Crippen LogP contribution in [0.1, 0.15) is 46.0 Å². The lowest BCUT2D eigenvalue weighted by atomic mass is 10.1. The van der Waals surface area contributed by atoms with Gasteiger partial charge in [0.2, 0.25) is 5.13 Å². The summed E-state index contributed by atoms with van der Waals surface area (Å²) in [4.78, 5) is 0. The highest BCUT2D eigenvalue weighted by Gasteiger charge is 2.08. The number of aromatic nitrogens is 2. The van der Waals surface area contributed by atoms with E-state index in [1.165, 1.54) is 32.1 Å². The first kappa shape index (κ1) is 11.4. The number of nitrogens with one attached hydrogen (secondary N) is 1.